The first-order valence-corrected chi connectivity index (χ1v) is 7.09. The van der Waals surface area contributed by atoms with Crippen LogP contribution in [-0.4, -0.2) is 39.8 Å². The molecule has 21 heavy (non-hydrogen) atoms. The molecule has 0 aliphatic heterocycles. The van der Waals surface area contributed by atoms with Gasteiger partial charge < -0.3 is 25.8 Å². The molecule has 1 aromatic carbocycles. The van der Waals surface area contributed by atoms with E-state index in [0.29, 0.717) is 23.1 Å². The number of hydrogen-bond acceptors (Lipinski definition) is 5. The van der Waals surface area contributed by atoms with E-state index in [1.54, 1.807) is 6.07 Å². The number of methoxy groups -OCH3 is 1. The number of ether oxygens (including phenoxy) is 2. The molecule has 0 bridgehead atoms. The third-order valence-electron chi connectivity index (χ3n) is 2.76. The zero-order valence-corrected chi connectivity index (χ0v) is 13.1. The van der Waals surface area contributed by atoms with Crippen LogP contribution in [0.5, 0.6) is 11.5 Å². The van der Waals surface area contributed by atoms with Gasteiger partial charge >= 0.3 is 0 Å². The van der Waals surface area contributed by atoms with Crippen LogP contribution >= 0.6 is 11.6 Å². The molecular formula is C14H22ClN3O3. The van der Waals surface area contributed by atoms with Gasteiger partial charge in [0, 0.05) is 6.54 Å². The molecule has 1 aromatic rings. The topological polar surface area (TPSA) is 85.6 Å². The fourth-order valence-corrected chi connectivity index (χ4v) is 2.07. The van der Waals surface area contributed by atoms with Crippen molar-refractivity contribution in [1.82, 2.24) is 10.6 Å². The predicted molar refractivity (Wildman–Crippen MR) is 82.9 cm³/mol. The number of amides is 1. The van der Waals surface area contributed by atoms with Crippen molar-refractivity contribution in [3.05, 3.63) is 22.7 Å². The van der Waals surface area contributed by atoms with Crippen LogP contribution in [-0.2, 0) is 11.3 Å². The zero-order chi connectivity index (χ0) is 15.7. The normalized spacial score (nSPS) is 10.4. The molecule has 0 unspecified atom stereocenters. The molecular weight excluding hydrogens is 294 g/mol. The van der Waals surface area contributed by atoms with Gasteiger partial charge in [-0.1, -0.05) is 11.6 Å². The number of nitrogens with two attached hydrogens (primary N) is 1. The fourth-order valence-electron chi connectivity index (χ4n) is 1.78. The predicted octanol–water partition coefficient (Wildman–Crippen LogP) is 0.912. The fraction of sp³-hybridized carbons (Fsp3) is 0.500. The number of hydrogen-bond donors (Lipinski definition) is 3. The first kappa shape index (κ1) is 17.6. The molecule has 4 N–H and O–H groups in total. The first-order chi connectivity index (χ1) is 10.1. The maximum atomic E-state index is 10.8. The molecule has 0 aliphatic carbocycles. The van der Waals surface area contributed by atoms with E-state index >= 15 is 0 Å². The lowest BCUT2D eigenvalue weighted by molar-refractivity contribution is -0.119. The minimum atomic E-state index is -0.566. The van der Waals surface area contributed by atoms with Crippen molar-refractivity contribution in [3.63, 3.8) is 0 Å². The number of carbonyl (C=O) groups excluding carboxylic acids is 1. The largest absolute Gasteiger partial charge is 0.493 e. The summed E-state index contributed by atoms with van der Waals surface area (Å²) in [6, 6.07) is 3.61. The van der Waals surface area contributed by atoms with Crippen LogP contribution in [0, 0.1) is 0 Å². The Bertz CT molecular complexity index is 469. The van der Waals surface area contributed by atoms with E-state index in [0.717, 1.165) is 25.1 Å². The van der Waals surface area contributed by atoms with Gasteiger partial charge in [-0.3, -0.25) is 4.79 Å². The minimum absolute atomic E-state index is 0.238. The summed E-state index contributed by atoms with van der Waals surface area (Å²) in [5.74, 6) is 0.246. The highest BCUT2D eigenvalue weighted by molar-refractivity contribution is 6.32. The highest BCUT2D eigenvalue weighted by atomic mass is 35.5. The van der Waals surface area contributed by atoms with E-state index in [2.05, 4.69) is 10.6 Å². The summed E-state index contributed by atoms with van der Waals surface area (Å²) in [5, 5.41) is 6.80. The van der Waals surface area contributed by atoms with Crippen molar-refractivity contribution in [2.24, 2.45) is 5.73 Å². The summed E-state index contributed by atoms with van der Waals surface area (Å²) in [7, 11) is 3.45. The molecule has 1 amide bonds. The summed E-state index contributed by atoms with van der Waals surface area (Å²) in [4.78, 5) is 10.8. The number of nitrogens with one attached hydrogen (secondary N) is 2. The summed E-state index contributed by atoms with van der Waals surface area (Å²) in [6.07, 6.45) is 1.04. The summed E-state index contributed by atoms with van der Waals surface area (Å²) in [5.41, 5.74) is 6.03. The van der Waals surface area contributed by atoms with Gasteiger partial charge in [-0.05, 0) is 44.3 Å². The van der Waals surface area contributed by atoms with Crippen molar-refractivity contribution in [1.29, 1.82) is 0 Å². The first-order valence-electron chi connectivity index (χ1n) is 6.71. The molecule has 1 rings (SSSR count). The Labute approximate surface area is 129 Å². The lowest BCUT2D eigenvalue weighted by atomic mass is 10.2. The van der Waals surface area contributed by atoms with Crippen LogP contribution in [0.1, 0.15) is 12.0 Å². The molecule has 0 heterocycles. The number of carbonyl (C=O) groups is 1. The van der Waals surface area contributed by atoms with Crippen LogP contribution in [0.3, 0.4) is 0 Å². The van der Waals surface area contributed by atoms with Gasteiger partial charge in [0.1, 0.15) is 0 Å². The average molecular weight is 316 g/mol. The molecule has 118 valence electrons. The summed E-state index contributed by atoms with van der Waals surface area (Å²) >= 11 is 6.16. The third kappa shape index (κ3) is 6.20. The zero-order valence-electron chi connectivity index (χ0n) is 12.4. The van der Waals surface area contributed by atoms with Crippen molar-refractivity contribution < 1.29 is 14.3 Å². The van der Waals surface area contributed by atoms with E-state index in [-0.39, 0.29) is 6.61 Å². The van der Waals surface area contributed by atoms with Crippen LogP contribution in [0.4, 0.5) is 0 Å². The molecule has 7 heteroatoms. The minimum Gasteiger partial charge on any atom is -0.493 e. The monoisotopic (exact) mass is 315 g/mol. The average Bonchev–Trinajstić information content (AvgIpc) is 2.45. The summed E-state index contributed by atoms with van der Waals surface area (Å²) in [6.45, 7) is 2.31. The van der Waals surface area contributed by atoms with Gasteiger partial charge in [0.15, 0.2) is 18.1 Å². The van der Waals surface area contributed by atoms with Crippen LogP contribution in [0.15, 0.2) is 12.1 Å². The molecule has 0 atom stereocenters. The van der Waals surface area contributed by atoms with E-state index in [4.69, 9.17) is 26.8 Å². The molecule has 0 aromatic heterocycles. The molecule has 0 fully saturated rings. The molecule has 6 nitrogen and oxygen atoms in total. The quantitative estimate of drug-likeness (QED) is 0.559. The molecule has 0 spiro atoms. The van der Waals surface area contributed by atoms with E-state index in [1.807, 2.05) is 13.1 Å². The van der Waals surface area contributed by atoms with Gasteiger partial charge in [0.25, 0.3) is 5.91 Å². The second-order valence-corrected chi connectivity index (χ2v) is 4.91. The Kier molecular flexibility index (Phi) is 7.89. The Morgan fingerprint density at radius 2 is 2.14 bits per heavy atom. The van der Waals surface area contributed by atoms with Crippen LogP contribution in [0.2, 0.25) is 5.02 Å². The highest BCUT2D eigenvalue weighted by Crippen LogP contribution is 2.36. The number of halogens is 1. The van der Waals surface area contributed by atoms with Crippen molar-refractivity contribution in [2.45, 2.75) is 13.0 Å². The van der Waals surface area contributed by atoms with Gasteiger partial charge in [0.05, 0.1) is 12.1 Å². The van der Waals surface area contributed by atoms with Gasteiger partial charge in [-0.2, -0.15) is 0 Å². The van der Waals surface area contributed by atoms with Crippen molar-refractivity contribution >= 4 is 17.5 Å². The van der Waals surface area contributed by atoms with Crippen molar-refractivity contribution in [2.75, 3.05) is 33.9 Å². The molecule has 0 saturated heterocycles. The van der Waals surface area contributed by atoms with Crippen LogP contribution < -0.4 is 25.8 Å². The molecule has 0 saturated carbocycles. The maximum Gasteiger partial charge on any atom is 0.255 e. The Morgan fingerprint density at radius 3 is 2.76 bits per heavy atom. The number of rotatable bonds is 10. The van der Waals surface area contributed by atoms with Gasteiger partial charge in [0.2, 0.25) is 0 Å². The SMILES string of the molecule is CNCCCNCc1cc(Cl)c(OCC(N)=O)c(OC)c1. The second kappa shape index (κ2) is 9.44. The van der Waals surface area contributed by atoms with Crippen molar-refractivity contribution in [3.8, 4) is 11.5 Å². The van der Waals surface area contributed by atoms with E-state index in [1.165, 1.54) is 7.11 Å². The summed E-state index contributed by atoms with van der Waals surface area (Å²) < 4.78 is 10.5. The van der Waals surface area contributed by atoms with E-state index in [9.17, 15) is 4.79 Å². The molecule has 0 radical (unpaired) electrons. The lowest BCUT2D eigenvalue weighted by Crippen LogP contribution is -2.21. The number of benzene rings is 1. The van der Waals surface area contributed by atoms with Crippen LogP contribution in [0.25, 0.3) is 0 Å². The lowest BCUT2D eigenvalue weighted by Gasteiger charge is -2.13. The van der Waals surface area contributed by atoms with E-state index < -0.39 is 5.91 Å². The van der Waals surface area contributed by atoms with Gasteiger partial charge in [-0.15, -0.1) is 0 Å². The van der Waals surface area contributed by atoms with Gasteiger partial charge in [-0.25, -0.2) is 0 Å². The second-order valence-electron chi connectivity index (χ2n) is 4.50. The smallest absolute Gasteiger partial charge is 0.255 e. The highest BCUT2D eigenvalue weighted by Gasteiger charge is 2.12. The Balaban J connectivity index is 2.67. The number of primary amides is 1. The molecule has 0 aliphatic rings. The Hall–Kier alpha value is -1.50. The standard InChI is InChI=1S/C14H22ClN3O3/c1-17-4-3-5-18-8-10-6-11(15)14(12(7-10)20-2)21-9-13(16)19/h6-7,17-18H,3-5,8-9H2,1-2H3,(H2,16,19). The third-order valence-corrected chi connectivity index (χ3v) is 3.04. The maximum absolute atomic E-state index is 10.8. The Morgan fingerprint density at radius 1 is 1.38 bits per heavy atom.